The zero-order valence-electron chi connectivity index (χ0n) is 24.3. The Morgan fingerprint density at radius 2 is 1.16 bits per heavy atom. The van der Waals surface area contributed by atoms with Gasteiger partial charge < -0.3 is 10.2 Å². The van der Waals surface area contributed by atoms with Crippen molar-refractivity contribution in [3.63, 3.8) is 0 Å². The third kappa shape index (κ3) is 4.61. The second-order valence-corrected chi connectivity index (χ2v) is 10.3. The van der Waals surface area contributed by atoms with Gasteiger partial charge in [-0.1, -0.05) is 54.6 Å². The van der Waals surface area contributed by atoms with Crippen molar-refractivity contribution in [3.8, 4) is 44.9 Å². The Morgan fingerprint density at radius 3 is 1.93 bits per heavy atom. The van der Waals surface area contributed by atoms with E-state index in [1.54, 1.807) is 30.9 Å². The van der Waals surface area contributed by atoms with Gasteiger partial charge in [0.2, 0.25) is 11.0 Å². The van der Waals surface area contributed by atoms with Gasteiger partial charge in [0.05, 0.1) is 5.39 Å². The number of hydrogen-bond donors (Lipinski definition) is 0. The van der Waals surface area contributed by atoms with Crippen LogP contribution < -0.4 is 57.9 Å². The molecule has 2 N–H and O–H groups in total. The van der Waals surface area contributed by atoms with Crippen molar-refractivity contribution in [1.29, 1.82) is 0 Å². The van der Waals surface area contributed by atoms with Crippen LogP contribution in [0.5, 0.6) is 11.5 Å². The molecule has 0 saturated carbocycles. The molecule has 3 aromatic heterocycles. The molecule has 0 aliphatic rings. The van der Waals surface area contributed by atoms with Gasteiger partial charge in [-0.2, -0.15) is 0 Å². The van der Waals surface area contributed by atoms with Gasteiger partial charge in [-0.3, -0.25) is 0 Å². The van der Waals surface area contributed by atoms with Crippen molar-refractivity contribution in [3.05, 3.63) is 122 Å². The molecule has 8 rings (SSSR count). The number of nitrogens with zero attached hydrogens (tertiary/aromatic N) is 2. The first kappa shape index (κ1) is 29.4. The number of rotatable bonds is 3. The molecule has 8 aromatic rings. The first-order valence-corrected chi connectivity index (χ1v) is 13.6. The van der Waals surface area contributed by atoms with Gasteiger partial charge in [-0.05, 0) is 85.1 Å². The average molecular weight is 556 g/mol. The SMILES string of the molecule is [Li+].[Li+].[O-]c1c(-c2c3ccccc3c(-c3ccc([O-])c4[nH+]cccc34)c3ccc(-c4cncnc4)cc23)ccc2ccc[nH+]c12. The van der Waals surface area contributed by atoms with E-state index in [0.29, 0.717) is 16.6 Å². The van der Waals surface area contributed by atoms with Crippen molar-refractivity contribution < 1.29 is 57.9 Å². The molecule has 0 amide bonds. The van der Waals surface area contributed by atoms with Gasteiger partial charge in [-0.25, -0.2) is 19.9 Å². The normalized spacial score (nSPS) is 11.0. The van der Waals surface area contributed by atoms with Crippen LogP contribution in [0.4, 0.5) is 0 Å². The summed E-state index contributed by atoms with van der Waals surface area (Å²) in [7, 11) is 0. The quantitative estimate of drug-likeness (QED) is 0.224. The number of fused-ring (bicyclic) bond motifs is 4. The van der Waals surface area contributed by atoms with E-state index >= 15 is 0 Å². The van der Waals surface area contributed by atoms with Crippen molar-refractivity contribution in [2.45, 2.75) is 0 Å². The van der Waals surface area contributed by atoms with Gasteiger partial charge in [-0.15, -0.1) is 0 Å². The Labute approximate surface area is 276 Å². The van der Waals surface area contributed by atoms with E-state index in [-0.39, 0.29) is 49.2 Å². The molecule has 6 nitrogen and oxygen atoms in total. The molecular formula is C36H22Li2N4O2+2. The molecule has 0 atom stereocenters. The summed E-state index contributed by atoms with van der Waals surface area (Å²) < 4.78 is 0. The van der Waals surface area contributed by atoms with Gasteiger partial charge in [0.15, 0.2) is 12.4 Å². The van der Waals surface area contributed by atoms with Crippen LogP contribution in [0.1, 0.15) is 0 Å². The molecule has 44 heavy (non-hydrogen) atoms. The fraction of sp³-hybridized carbons (Fsp3) is 0. The Kier molecular flexibility index (Phi) is 7.86. The topological polar surface area (TPSA) is 100 Å². The minimum Gasteiger partial charge on any atom is -0.868 e. The summed E-state index contributed by atoms with van der Waals surface area (Å²) in [5, 5.41) is 32.4. The molecule has 0 aliphatic carbocycles. The maximum Gasteiger partial charge on any atom is 1.00 e. The number of pyridine rings is 2. The smallest absolute Gasteiger partial charge is 0.868 e. The van der Waals surface area contributed by atoms with E-state index < -0.39 is 0 Å². The van der Waals surface area contributed by atoms with Crippen molar-refractivity contribution in [2.75, 3.05) is 0 Å². The zero-order chi connectivity index (χ0) is 28.2. The van der Waals surface area contributed by atoms with Crippen LogP contribution in [-0.4, -0.2) is 9.97 Å². The van der Waals surface area contributed by atoms with E-state index in [1.807, 2.05) is 54.6 Å². The fourth-order valence-electron chi connectivity index (χ4n) is 6.17. The molecule has 198 valence electrons. The molecule has 8 heteroatoms. The van der Waals surface area contributed by atoms with E-state index in [9.17, 15) is 10.2 Å². The number of aromatic amines is 2. The molecule has 3 heterocycles. The molecule has 0 spiro atoms. The van der Waals surface area contributed by atoms with Crippen molar-refractivity contribution in [1.82, 2.24) is 9.97 Å². The van der Waals surface area contributed by atoms with Crippen molar-refractivity contribution >= 4 is 43.4 Å². The van der Waals surface area contributed by atoms with Gasteiger partial charge in [0.1, 0.15) is 6.33 Å². The van der Waals surface area contributed by atoms with Crippen molar-refractivity contribution in [2.24, 2.45) is 0 Å². The Balaban J connectivity index is 0.00000171. The number of benzene rings is 5. The molecule has 0 unspecified atom stereocenters. The van der Waals surface area contributed by atoms with Crippen LogP contribution in [0, 0.1) is 0 Å². The second kappa shape index (κ2) is 11.8. The summed E-state index contributed by atoms with van der Waals surface area (Å²) >= 11 is 0. The predicted octanol–water partition coefficient (Wildman–Crippen LogP) is -0.126. The Morgan fingerprint density at radius 1 is 0.523 bits per heavy atom. The Hall–Kier alpha value is -4.69. The summed E-state index contributed by atoms with van der Waals surface area (Å²) in [6.45, 7) is 0. The number of hydrogen-bond acceptors (Lipinski definition) is 4. The first-order chi connectivity index (χ1) is 20.7. The summed E-state index contributed by atoms with van der Waals surface area (Å²) in [4.78, 5) is 14.8. The number of nitrogens with one attached hydrogen (secondary N) is 2. The van der Waals surface area contributed by atoms with E-state index in [1.165, 1.54) is 6.33 Å². The summed E-state index contributed by atoms with van der Waals surface area (Å²) in [6.07, 6.45) is 8.64. The van der Waals surface area contributed by atoms with E-state index in [0.717, 1.165) is 60.1 Å². The predicted molar refractivity (Wildman–Crippen MR) is 160 cm³/mol. The van der Waals surface area contributed by atoms with Crippen LogP contribution >= 0.6 is 0 Å². The van der Waals surface area contributed by atoms with Crippen LogP contribution in [0.3, 0.4) is 0 Å². The fourth-order valence-corrected chi connectivity index (χ4v) is 6.17. The number of aromatic nitrogens is 4. The zero-order valence-corrected chi connectivity index (χ0v) is 24.3. The third-order valence-corrected chi connectivity index (χ3v) is 8.04. The Bertz CT molecular complexity index is 2350. The second-order valence-electron chi connectivity index (χ2n) is 10.3. The molecular weight excluding hydrogens is 534 g/mol. The molecule has 0 aliphatic heterocycles. The van der Waals surface area contributed by atoms with Crippen LogP contribution in [-0.2, 0) is 0 Å². The van der Waals surface area contributed by atoms with Crippen LogP contribution in [0.15, 0.2) is 122 Å². The van der Waals surface area contributed by atoms with E-state index in [2.05, 4.69) is 50.3 Å². The van der Waals surface area contributed by atoms with Crippen LogP contribution in [0.2, 0.25) is 0 Å². The first-order valence-electron chi connectivity index (χ1n) is 13.6. The standard InChI is InChI=1S/C36H22N4O2.2Li/c41-31-14-13-26(28-8-4-16-40-35(28)31)32-24-6-1-2-7-25(24)33(29-12-9-21-5-3-15-39-34(21)36(29)42)30-17-22(10-11-27(30)32)23-18-37-20-38-19-23;;/h1-20,41-42H;;/q;2*+1. The largest absolute Gasteiger partial charge is 1.00 e. The monoisotopic (exact) mass is 556 g/mol. The minimum absolute atomic E-state index is 0. The average Bonchev–Trinajstić information content (AvgIpc) is 3.05. The summed E-state index contributed by atoms with van der Waals surface area (Å²) in [5.74, 6) is -0.120. The van der Waals surface area contributed by atoms with Gasteiger partial charge >= 0.3 is 37.7 Å². The maximum atomic E-state index is 14.0. The van der Waals surface area contributed by atoms with Gasteiger partial charge in [0, 0.05) is 35.5 Å². The molecule has 5 aromatic carbocycles. The van der Waals surface area contributed by atoms with Crippen LogP contribution in [0.25, 0.3) is 76.7 Å². The van der Waals surface area contributed by atoms with E-state index in [4.69, 9.17) is 0 Å². The number of H-pyrrole nitrogens is 2. The third-order valence-electron chi connectivity index (χ3n) is 8.04. The molecule has 0 fully saturated rings. The molecule has 0 radical (unpaired) electrons. The minimum atomic E-state index is -0.0608. The van der Waals surface area contributed by atoms with Gasteiger partial charge in [0.25, 0.3) is 0 Å². The molecule has 0 bridgehead atoms. The maximum absolute atomic E-state index is 14.0. The summed E-state index contributed by atoms with van der Waals surface area (Å²) in [5.41, 5.74) is 6.38. The summed E-state index contributed by atoms with van der Waals surface area (Å²) in [6, 6.07) is 29.6. The molecule has 0 saturated heterocycles.